The Morgan fingerprint density at radius 1 is 1.33 bits per heavy atom. The summed E-state index contributed by atoms with van der Waals surface area (Å²) in [5.74, 6) is -0.327. The molecule has 3 heteroatoms. The first-order valence-corrected chi connectivity index (χ1v) is 4.71. The lowest BCUT2D eigenvalue weighted by Gasteiger charge is -2.23. The molecule has 2 rings (SSSR count). The highest BCUT2D eigenvalue weighted by Gasteiger charge is 2.45. The Hall–Kier alpha value is -0.120. The van der Waals surface area contributed by atoms with Gasteiger partial charge in [0.1, 0.15) is 0 Å². The molecule has 1 N–H and O–H groups in total. The smallest absolute Gasteiger partial charge is 0.169 e. The maximum absolute atomic E-state index is 8.90. The summed E-state index contributed by atoms with van der Waals surface area (Å²) < 4.78 is 11.4. The fourth-order valence-corrected chi connectivity index (χ4v) is 2.11. The first-order chi connectivity index (χ1) is 5.74. The van der Waals surface area contributed by atoms with Crippen LogP contribution in [0.5, 0.6) is 0 Å². The number of hydrogen-bond acceptors (Lipinski definition) is 3. The van der Waals surface area contributed by atoms with Crippen LogP contribution in [0, 0.1) is 0 Å². The predicted molar refractivity (Wildman–Crippen MR) is 43.7 cm³/mol. The molecule has 2 aliphatic rings. The zero-order valence-electron chi connectivity index (χ0n) is 7.45. The van der Waals surface area contributed by atoms with Gasteiger partial charge in [-0.3, -0.25) is 0 Å². The molecule has 0 aromatic heterocycles. The second-order valence-corrected chi connectivity index (χ2v) is 3.84. The van der Waals surface area contributed by atoms with E-state index in [2.05, 4.69) is 6.92 Å². The van der Waals surface area contributed by atoms with Crippen molar-refractivity contribution in [2.24, 2.45) is 0 Å². The third-order valence-corrected chi connectivity index (χ3v) is 2.78. The lowest BCUT2D eigenvalue weighted by Crippen LogP contribution is -2.29. The van der Waals surface area contributed by atoms with Gasteiger partial charge in [0.15, 0.2) is 5.79 Å². The van der Waals surface area contributed by atoms with Gasteiger partial charge in [0.2, 0.25) is 0 Å². The fourth-order valence-electron chi connectivity index (χ4n) is 2.11. The minimum atomic E-state index is -0.327. The van der Waals surface area contributed by atoms with E-state index in [4.69, 9.17) is 14.6 Å². The third kappa shape index (κ3) is 1.37. The summed E-state index contributed by atoms with van der Waals surface area (Å²) in [6.45, 7) is 2.20. The first kappa shape index (κ1) is 8.48. The first-order valence-electron chi connectivity index (χ1n) is 4.71. The quantitative estimate of drug-likeness (QED) is 0.642. The lowest BCUT2D eigenvalue weighted by atomic mass is 10.1. The Bertz CT molecular complexity index is 171. The normalized spacial score (nSPS) is 47.5. The highest BCUT2D eigenvalue weighted by atomic mass is 16.7. The van der Waals surface area contributed by atoms with Crippen LogP contribution < -0.4 is 0 Å². The number of aliphatic hydroxyl groups excluding tert-OH is 1. The van der Waals surface area contributed by atoms with Gasteiger partial charge in [-0.25, -0.2) is 0 Å². The van der Waals surface area contributed by atoms with Crippen molar-refractivity contribution >= 4 is 0 Å². The summed E-state index contributed by atoms with van der Waals surface area (Å²) in [5.41, 5.74) is 0. The maximum atomic E-state index is 8.90. The van der Waals surface area contributed by atoms with Crippen LogP contribution in [-0.4, -0.2) is 29.7 Å². The fraction of sp³-hybridized carbons (Fsp3) is 1.00. The molecule has 0 aliphatic carbocycles. The molecule has 0 aromatic rings. The van der Waals surface area contributed by atoms with Gasteiger partial charge < -0.3 is 14.6 Å². The second-order valence-electron chi connectivity index (χ2n) is 3.84. The van der Waals surface area contributed by atoms with Crippen molar-refractivity contribution in [3.05, 3.63) is 0 Å². The Kier molecular flexibility index (Phi) is 2.10. The van der Waals surface area contributed by atoms with Gasteiger partial charge in [-0.05, 0) is 19.8 Å². The van der Waals surface area contributed by atoms with E-state index in [1.807, 2.05) is 0 Å². The van der Waals surface area contributed by atoms with Crippen molar-refractivity contribution in [1.82, 2.24) is 0 Å². The van der Waals surface area contributed by atoms with Crippen LogP contribution in [-0.2, 0) is 9.47 Å². The van der Waals surface area contributed by atoms with Crippen molar-refractivity contribution < 1.29 is 14.6 Å². The van der Waals surface area contributed by atoms with E-state index >= 15 is 0 Å². The Labute approximate surface area is 72.7 Å². The summed E-state index contributed by atoms with van der Waals surface area (Å²) >= 11 is 0. The van der Waals surface area contributed by atoms with Gasteiger partial charge in [0.25, 0.3) is 0 Å². The molecule has 3 nitrogen and oxygen atoms in total. The molecule has 12 heavy (non-hydrogen) atoms. The molecule has 1 unspecified atom stereocenters. The Balaban J connectivity index is 1.97. The number of hydrogen-bond donors (Lipinski definition) is 1. The van der Waals surface area contributed by atoms with E-state index in [0.29, 0.717) is 6.10 Å². The lowest BCUT2D eigenvalue weighted by molar-refractivity contribution is -0.217. The summed E-state index contributed by atoms with van der Waals surface area (Å²) in [7, 11) is 0. The molecule has 2 saturated heterocycles. The number of ether oxygens (including phenoxy) is 2. The van der Waals surface area contributed by atoms with Crippen LogP contribution in [0.3, 0.4) is 0 Å². The van der Waals surface area contributed by atoms with Gasteiger partial charge >= 0.3 is 0 Å². The molecule has 2 fully saturated rings. The van der Waals surface area contributed by atoms with Gasteiger partial charge in [-0.15, -0.1) is 0 Å². The summed E-state index contributed by atoms with van der Waals surface area (Å²) in [4.78, 5) is 0. The molecule has 2 heterocycles. The minimum absolute atomic E-state index is 0.00954. The molecule has 0 aromatic carbocycles. The highest BCUT2D eigenvalue weighted by Crippen LogP contribution is 2.41. The van der Waals surface area contributed by atoms with E-state index < -0.39 is 0 Å². The monoisotopic (exact) mass is 172 g/mol. The van der Waals surface area contributed by atoms with Crippen molar-refractivity contribution in [1.29, 1.82) is 0 Å². The standard InChI is InChI=1S/C9H16O3/c1-7-2-4-9(11-7)5-3-8(6-10)12-9/h7-8,10H,2-6H2,1H3/t7-,8+,9?/m0/s1. The van der Waals surface area contributed by atoms with Crippen molar-refractivity contribution in [2.45, 2.75) is 50.6 Å². The third-order valence-electron chi connectivity index (χ3n) is 2.78. The van der Waals surface area contributed by atoms with Gasteiger partial charge in [-0.2, -0.15) is 0 Å². The predicted octanol–water partition coefficient (Wildman–Crippen LogP) is 1.05. The summed E-state index contributed by atoms with van der Waals surface area (Å²) in [6, 6.07) is 0. The average Bonchev–Trinajstić information content (AvgIpc) is 2.61. The van der Waals surface area contributed by atoms with Crippen LogP contribution in [0.4, 0.5) is 0 Å². The van der Waals surface area contributed by atoms with E-state index in [1.165, 1.54) is 0 Å². The molecule has 70 valence electrons. The topological polar surface area (TPSA) is 38.7 Å². The molecule has 3 atom stereocenters. The second kappa shape index (κ2) is 2.98. The van der Waals surface area contributed by atoms with Gasteiger partial charge in [-0.1, -0.05) is 0 Å². The van der Waals surface area contributed by atoms with Crippen molar-refractivity contribution in [3.63, 3.8) is 0 Å². The van der Waals surface area contributed by atoms with E-state index in [0.717, 1.165) is 25.7 Å². The number of rotatable bonds is 1. The Morgan fingerprint density at radius 3 is 2.58 bits per heavy atom. The summed E-state index contributed by atoms with van der Waals surface area (Å²) in [5, 5.41) is 8.90. The molecule has 0 radical (unpaired) electrons. The highest BCUT2D eigenvalue weighted by molar-refractivity contribution is 4.86. The zero-order chi connectivity index (χ0) is 8.60. The summed E-state index contributed by atoms with van der Waals surface area (Å²) in [6.07, 6.45) is 4.28. The molecular weight excluding hydrogens is 156 g/mol. The van der Waals surface area contributed by atoms with Crippen LogP contribution in [0.25, 0.3) is 0 Å². The van der Waals surface area contributed by atoms with E-state index in [-0.39, 0.29) is 18.5 Å². The SMILES string of the molecule is C[C@H]1CCC2(CC[C@H](CO)O2)O1. The van der Waals surface area contributed by atoms with E-state index in [1.54, 1.807) is 0 Å². The number of aliphatic hydroxyl groups is 1. The molecule has 2 aliphatic heterocycles. The van der Waals surface area contributed by atoms with Crippen LogP contribution in [0.15, 0.2) is 0 Å². The average molecular weight is 172 g/mol. The maximum Gasteiger partial charge on any atom is 0.169 e. The largest absolute Gasteiger partial charge is 0.394 e. The van der Waals surface area contributed by atoms with Crippen molar-refractivity contribution in [3.8, 4) is 0 Å². The Morgan fingerprint density at radius 2 is 2.08 bits per heavy atom. The van der Waals surface area contributed by atoms with Crippen LogP contribution in [0.2, 0.25) is 0 Å². The van der Waals surface area contributed by atoms with Crippen LogP contribution >= 0.6 is 0 Å². The zero-order valence-corrected chi connectivity index (χ0v) is 7.45. The molecule has 1 spiro atoms. The molecule has 0 bridgehead atoms. The van der Waals surface area contributed by atoms with E-state index in [9.17, 15) is 0 Å². The van der Waals surface area contributed by atoms with Gasteiger partial charge in [0, 0.05) is 12.8 Å². The van der Waals surface area contributed by atoms with Crippen molar-refractivity contribution in [2.75, 3.05) is 6.61 Å². The molecule has 0 saturated carbocycles. The minimum Gasteiger partial charge on any atom is -0.394 e. The van der Waals surface area contributed by atoms with Gasteiger partial charge in [0.05, 0.1) is 18.8 Å². The van der Waals surface area contributed by atoms with Crippen LogP contribution in [0.1, 0.15) is 32.6 Å². The molecule has 0 amide bonds. The molecular formula is C9H16O3.